The van der Waals surface area contributed by atoms with Gasteiger partial charge in [-0.3, -0.25) is 9.69 Å². The second-order valence-corrected chi connectivity index (χ2v) is 8.95. The van der Waals surface area contributed by atoms with Crippen molar-refractivity contribution in [2.75, 3.05) is 45.7 Å². The summed E-state index contributed by atoms with van der Waals surface area (Å²) in [7, 11) is 5.53. The molecule has 0 bridgehead atoms. The number of anilines is 1. The zero-order valence-electron chi connectivity index (χ0n) is 19.5. The molecule has 32 heavy (non-hydrogen) atoms. The lowest BCUT2D eigenvalue weighted by atomic mass is 9.91. The molecule has 4 rings (SSSR count). The monoisotopic (exact) mass is 439 g/mol. The fraction of sp³-hybridized carbons (Fsp3) is 0.542. The molecule has 0 spiro atoms. The lowest BCUT2D eigenvalue weighted by Crippen LogP contribution is -2.46. The molecule has 8 heteroatoms. The molecule has 0 saturated carbocycles. The maximum absolute atomic E-state index is 12.3. The van der Waals surface area contributed by atoms with Crippen molar-refractivity contribution in [2.24, 2.45) is 5.92 Å². The standard InChI is InChI=1S/C24H33N5O3/c1-17(30)29-15-20-10-21(31-4)7-8-22(20)32-23(16-29)19-6-5-9-28(14-19)13-18-11-25-24(26-12-18)27(2)3/h7-8,10-12,19,23H,5-6,9,13-16H2,1-4H3/t19-,23-/m1/s1. The first-order valence-corrected chi connectivity index (χ1v) is 11.2. The Morgan fingerprint density at radius 3 is 2.72 bits per heavy atom. The summed E-state index contributed by atoms with van der Waals surface area (Å²) in [5.41, 5.74) is 2.11. The van der Waals surface area contributed by atoms with Crippen LogP contribution < -0.4 is 14.4 Å². The van der Waals surface area contributed by atoms with Crippen LogP contribution in [0.15, 0.2) is 30.6 Å². The molecule has 2 aromatic rings. The maximum atomic E-state index is 12.3. The number of piperidine rings is 1. The number of hydrogen-bond acceptors (Lipinski definition) is 7. The summed E-state index contributed by atoms with van der Waals surface area (Å²) in [4.78, 5) is 27.5. The number of benzene rings is 1. The van der Waals surface area contributed by atoms with E-state index in [0.717, 1.165) is 61.1 Å². The second-order valence-electron chi connectivity index (χ2n) is 8.95. The largest absolute Gasteiger partial charge is 0.497 e. The Balaban J connectivity index is 1.47. The van der Waals surface area contributed by atoms with Crippen LogP contribution in [-0.4, -0.2) is 72.6 Å². The molecule has 0 N–H and O–H groups in total. The number of carbonyl (C=O) groups is 1. The average molecular weight is 440 g/mol. The fourth-order valence-electron chi connectivity index (χ4n) is 4.55. The van der Waals surface area contributed by atoms with Crippen LogP contribution in [0.2, 0.25) is 0 Å². The summed E-state index contributed by atoms with van der Waals surface area (Å²) in [5.74, 6) is 2.77. The Bertz CT molecular complexity index is 934. The van der Waals surface area contributed by atoms with Gasteiger partial charge in [0.15, 0.2) is 0 Å². The molecule has 2 aliphatic heterocycles. The number of nitrogens with zero attached hydrogens (tertiary/aromatic N) is 5. The van der Waals surface area contributed by atoms with Crippen molar-refractivity contribution in [1.29, 1.82) is 0 Å². The van der Waals surface area contributed by atoms with Gasteiger partial charge in [0.05, 0.1) is 13.7 Å². The average Bonchev–Trinajstić information content (AvgIpc) is 2.99. The number of likely N-dealkylation sites (tertiary alicyclic amines) is 1. The van der Waals surface area contributed by atoms with E-state index in [0.29, 0.717) is 19.0 Å². The van der Waals surface area contributed by atoms with E-state index in [1.807, 2.05) is 54.5 Å². The summed E-state index contributed by atoms with van der Waals surface area (Å²) in [6, 6.07) is 5.86. The van der Waals surface area contributed by atoms with Gasteiger partial charge in [0.25, 0.3) is 0 Å². The number of aromatic nitrogens is 2. The summed E-state index contributed by atoms with van der Waals surface area (Å²) >= 11 is 0. The molecule has 1 aromatic heterocycles. The molecule has 1 aromatic carbocycles. The number of carbonyl (C=O) groups excluding carboxylic acids is 1. The topological polar surface area (TPSA) is 71.0 Å². The first-order chi connectivity index (χ1) is 15.4. The minimum Gasteiger partial charge on any atom is -0.497 e. The summed E-state index contributed by atoms with van der Waals surface area (Å²) in [6.45, 7) is 5.57. The van der Waals surface area contributed by atoms with E-state index in [2.05, 4.69) is 14.9 Å². The molecular formula is C24H33N5O3. The van der Waals surface area contributed by atoms with E-state index in [-0.39, 0.29) is 12.0 Å². The predicted molar refractivity (Wildman–Crippen MR) is 123 cm³/mol. The van der Waals surface area contributed by atoms with Gasteiger partial charge in [0.2, 0.25) is 11.9 Å². The van der Waals surface area contributed by atoms with Gasteiger partial charge in [0, 0.05) is 70.1 Å². The van der Waals surface area contributed by atoms with E-state index < -0.39 is 0 Å². The van der Waals surface area contributed by atoms with Crippen molar-refractivity contribution in [3.8, 4) is 11.5 Å². The highest BCUT2D eigenvalue weighted by atomic mass is 16.5. The maximum Gasteiger partial charge on any atom is 0.224 e. The number of hydrogen-bond donors (Lipinski definition) is 0. The molecule has 1 saturated heterocycles. The van der Waals surface area contributed by atoms with Crippen LogP contribution in [-0.2, 0) is 17.9 Å². The van der Waals surface area contributed by atoms with Gasteiger partial charge >= 0.3 is 0 Å². The van der Waals surface area contributed by atoms with E-state index >= 15 is 0 Å². The molecule has 1 fully saturated rings. The van der Waals surface area contributed by atoms with Crippen LogP contribution in [0.3, 0.4) is 0 Å². The first kappa shape index (κ1) is 22.3. The van der Waals surface area contributed by atoms with Gasteiger partial charge in [-0.1, -0.05) is 0 Å². The Labute approximate surface area is 190 Å². The first-order valence-electron chi connectivity index (χ1n) is 11.2. The molecule has 2 aliphatic rings. The Morgan fingerprint density at radius 1 is 1.25 bits per heavy atom. The summed E-state index contributed by atoms with van der Waals surface area (Å²) in [6.07, 6.45) is 5.99. The van der Waals surface area contributed by atoms with Gasteiger partial charge in [-0.2, -0.15) is 0 Å². The number of fused-ring (bicyclic) bond motifs is 1. The third kappa shape index (κ3) is 5.12. The molecule has 1 amide bonds. The lowest BCUT2D eigenvalue weighted by molar-refractivity contribution is -0.130. The smallest absolute Gasteiger partial charge is 0.224 e. The third-order valence-electron chi connectivity index (χ3n) is 6.32. The van der Waals surface area contributed by atoms with Gasteiger partial charge in [0.1, 0.15) is 17.6 Å². The highest BCUT2D eigenvalue weighted by Gasteiger charge is 2.33. The minimum atomic E-state index is -0.0382. The zero-order chi connectivity index (χ0) is 22.7. The molecular weight excluding hydrogens is 406 g/mol. The highest BCUT2D eigenvalue weighted by Crippen LogP contribution is 2.33. The Hall–Kier alpha value is -2.87. The molecule has 8 nitrogen and oxygen atoms in total. The Kier molecular flexibility index (Phi) is 6.79. The molecule has 2 atom stereocenters. The molecule has 0 unspecified atom stereocenters. The SMILES string of the molecule is COc1ccc2c(c1)CN(C(C)=O)C[C@H]([C@@H]1CCCN(Cc3cnc(N(C)C)nc3)C1)O2. The van der Waals surface area contributed by atoms with Gasteiger partial charge < -0.3 is 19.3 Å². The van der Waals surface area contributed by atoms with Crippen LogP contribution in [0.1, 0.15) is 30.9 Å². The van der Waals surface area contributed by atoms with Crippen molar-refractivity contribution in [3.05, 3.63) is 41.7 Å². The van der Waals surface area contributed by atoms with Crippen LogP contribution >= 0.6 is 0 Å². The van der Waals surface area contributed by atoms with Crippen molar-refractivity contribution in [3.63, 3.8) is 0 Å². The van der Waals surface area contributed by atoms with Crippen molar-refractivity contribution in [2.45, 2.75) is 39.0 Å². The van der Waals surface area contributed by atoms with Crippen molar-refractivity contribution >= 4 is 11.9 Å². The lowest BCUT2D eigenvalue weighted by Gasteiger charge is -2.37. The van der Waals surface area contributed by atoms with Crippen molar-refractivity contribution in [1.82, 2.24) is 19.8 Å². The predicted octanol–water partition coefficient (Wildman–Crippen LogP) is 2.57. The normalized spacial score (nSPS) is 21.3. The van der Waals surface area contributed by atoms with Crippen LogP contribution in [0, 0.1) is 5.92 Å². The number of amides is 1. The quantitative estimate of drug-likeness (QED) is 0.709. The summed E-state index contributed by atoms with van der Waals surface area (Å²) < 4.78 is 11.9. The third-order valence-corrected chi connectivity index (χ3v) is 6.32. The van der Waals surface area contributed by atoms with Crippen molar-refractivity contribution < 1.29 is 14.3 Å². The van der Waals surface area contributed by atoms with Gasteiger partial charge in [-0.25, -0.2) is 9.97 Å². The summed E-state index contributed by atoms with van der Waals surface area (Å²) in [5, 5.41) is 0. The zero-order valence-corrected chi connectivity index (χ0v) is 19.5. The van der Waals surface area contributed by atoms with Gasteiger partial charge in [-0.05, 0) is 37.6 Å². The number of rotatable bonds is 5. The van der Waals surface area contributed by atoms with Crippen LogP contribution in [0.5, 0.6) is 11.5 Å². The molecule has 172 valence electrons. The molecule has 3 heterocycles. The Morgan fingerprint density at radius 2 is 2.03 bits per heavy atom. The van der Waals surface area contributed by atoms with E-state index in [9.17, 15) is 4.79 Å². The number of methoxy groups -OCH3 is 1. The highest BCUT2D eigenvalue weighted by molar-refractivity contribution is 5.73. The van der Waals surface area contributed by atoms with E-state index in [4.69, 9.17) is 9.47 Å². The van der Waals surface area contributed by atoms with Gasteiger partial charge in [-0.15, -0.1) is 0 Å². The molecule has 0 radical (unpaired) electrons. The van der Waals surface area contributed by atoms with Crippen LogP contribution in [0.25, 0.3) is 0 Å². The molecule has 0 aliphatic carbocycles. The van der Waals surface area contributed by atoms with E-state index in [1.165, 1.54) is 0 Å². The minimum absolute atomic E-state index is 0.0382. The second kappa shape index (κ2) is 9.73. The van der Waals surface area contributed by atoms with Crippen LogP contribution in [0.4, 0.5) is 5.95 Å². The fourth-order valence-corrected chi connectivity index (χ4v) is 4.55. The van der Waals surface area contributed by atoms with E-state index in [1.54, 1.807) is 14.0 Å². The number of ether oxygens (including phenoxy) is 2.